The highest BCUT2D eigenvalue weighted by atomic mass is 35.5. The number of carbonyl (C=O) groups excluding carboxylic acids is 1. The van der Waals surface area contributed by atoms with E-state index >= 15 is 0 Å². The van der Waals surface area contributed by atoms with Crippen LogP contribution in [0.4, 0.5) is 11.4 Å². The van der Waals surface area contributed by atoms with Crippen molar-refractivity contribution in [1.82, 2.24) is 10.2 Å². The summed E-state index contributed by atoms with van der Waals surface area (Å²) in [5.41, 5.74) is 2.61. The number of carbonyl (C=O) groups is 1. The summed E-state index contributed by atoms with van der Waals surface area (Å²) in [7, 11) is 2.13. The van der Waals surface area contributed by atoms with Crippen LogP contribution in [-0.4, -0.2) is 49.1 Å². The summed E-state index contributed by atoms with van der Waals surface area (Å²) in [5, 5.41) is 6.81. The number of thiocarbonyl (C=S) groups is 1. The number of benzene rings is 2. The van der Waals surface area contributed by atoms with Gasteiger partial charge in [0.15, 0.2) is 10.9 Å². The first-order valence-corrected chi connectivity index (χ1v) is 11.3. The molecule has 2 aromatic carbocycles. The van der Waals surface area contributed by atoms with E-state index in [0.29, 0.717) is 21.4 Å². The lowest BCUT2D eigenvalue weighted by atomic mass is 10.2. The molecule has 166 valence electrons. The van der Waals surface area contributed by atoms with E-state index in [1.54, 1.807) is 30.3 Å². The fourth-order valence-corrected chi connectivity index (χ4v) is 4.15. The number of rotatable bonds is 4. The van der Waals surface area contributed by atoms with Crippen LogP contribution >= 0.6 is 35.4 Å². The van der Waals surface area contributed by atoms with Gasteiger partial charge in [0, 0.05) is 48.1 Å². The molecule has 6 nitrogen and oxygen atoms in total. The second-order valence-electron chi connectivity index (χ2n) is 7.53. The Balaban J connectivity index is 1.34. The first kappa shape index (κ1) is 22.6. The average molecular weight is 489 g/mol. The Bertz CT molecular complexity index is 1130. The molecule has 1 aromatic heterocycles. The van der Waals surface area contributed by atoms with Gasteiger partial charge in [0.1, 0.15) is 5.76 Å². The fraction of sp³-hybridized carbons (Fsp3) is 0.217. The molecular formula is C23H22Cl2N4O2S. The Morgan fingerprint density at radius 2 is 1.72 bits per heavy atom. The maximum absolute atomic E-state index is 12.5. The van der Waals surface area contributed by atoms with E-state index in [1.165, 1.54) is 5.69 Å². The number of amides is 1. The first-order valence-electron chi connectivity index (χ1n) is 10.1. The van der Waals surface area contributed by atoms with E-state index in [2.05, 4.69) is 27.5 Å². The van der Waals surface area contributed by atoms with E-state index in [1.807, 2.05) is 24.3 Å². The minimum absolute atomic E-state index is 0.126. The summed E-state index contributed by atoms with van der Waals surface area (Å²) in [6.45, 7) is 4.11. The van der Waals surface area contributed by atoms with Crippen molar-refractivity contribution in [1.29, 1.82) is 0 Å². The zero-order valence-electron chi connectivity index (χ0n) is 17.4. The summed E-state index contributed by atoms with van der Waals surface area (Å²) in [4.78, 5) is 17.2. The second kappa shape index (κ2) is 9.92. The summed E-state index contributed by atoms with van der Waals surface area (Å²) < 4.78 is 5.66. The molecule has 1 aliphatic rings. The second-order valence-corrected chi connectivity index (χ2v) is 8.79. The van der Waals surface area contributed by atoms with E-state index in [9.17, 15) is 4.79 Å². The van der Waals surface area contributed by atoms with Crippen LogP contribution in [0.15, 0.2) is 59.0 Å². The molecule has 1 aliphatic heterocycles. The smallest absolute Gasteiger partial charge is 0.293 e. The minimum atomic E-state index is -0.451. The van der Waals surface area contributed by atoms with Crippen LogP contribution in [0.25, 0.3) is 11.3 Å². The van der Waals surface area contributed by atoms with Crippen molar-refractivity contribution in [3.8, 4) is 11.3 Å². The minimum Gasteiger partial charge on any atom is -0.451 e. The van der Waals surface area contributed by atoms with Gasteiger partial charge in [-0.15, -0.1) is 0 Å². The van der Waals surface area contributed by atoms with E-state index < -0.39 is 5.91 Å². The third kappa shape index (κ3) is 5.42. The van der Waals surface area contributed by atoms with Crippen molar-refractivity contribution in [3.63, 3.8) is 0 Å². The van der Waals surface area contributed by atoms with Gasteiger partial charge in [-0.3, -0.25) is 10.1 Å². The molecule has 4 rings (SSSR count). The molecule has 0 spiro atoms. The molecular weight excluding hydrogens is 467 g/mol. The van der Waals surface area contributed by atoms with Crippen LogP contribution in [0.5, 0.6) is 0 Å². The fourth-order valence-electron chi connectivity index (χ4n) is 3.44. The molecule has 2 heterocycles. The lowest BCUT2D eigenvalue weighted by molar-refractivity contribution is 0.0951. The molecule has 32 heavy (non-hydrogen) atoms. The van der Waals surface area contributed by atoms with Crippen molar-refractivity contribution in [2.75, 3.05) is 43.4 Å². The van der Waals surface area contributed by atoms with Crippen LogP contribution in [-0.2, 0) is 0 Å². The third-order valence-corrected chi connectivity index (χ3v) is 6.00. The van der Waals surface area contributed by atoms with Gasteiger partial charge in [-0.25, -0.2) is 0 Å². The van der Waals surface area contributed by atoms with Crippen molar-refractivity contribution in [2.24, 2.45) is 0 Å². The average Bonchev–Trinajstić information content (AvgIpc) is 3.25. The zero-order valence-corrected chi connectivity index (χ0v) is 19.7. The van der Waals surface area contributed by atoms with Gasteiger partial charge < -0.3 is 19.5 Å². The molecule has 1 amide bonds. The third-order valence-electron chi connectivity index (χ3n) is 5.25. The molecule has 0 saturated carbocycles. The highest BCUT2D eigenvalue weighted by Crippen LogP contribution is 2.31. The number of hydrogen-bond donors (Lipinski definition) is 2. The van der Waals surface area contributed by atoms with Gasteiger partial charge in [-0.1, -0.05) is 23.2 Å². The molecule has 2 N–H and O–H groups in total. The normalized spacial score (nSPS) is 14.3. The van der Waals surface area contributed by atoms with Crippen LogP contribution in [0.1, 0.15) is 10.6 Å². The predicted molar refractivity (Wildman–Crippen MR) is 134 cm³/mol. The SMILES string of the molecule is CN1CCN(c2ccc(NC(=S)NC(=O)c3ccc(-c4ccc(Cl)cc4Cl)o3)cc2)CC1. The number of halogens is 2. The molecule has 9 heteroatoms. The summed E-state index contributed by atoms with van der Waals surface area (Å²) in [6, 6.07) is 16.3. The number of piperazine rings is 1. The van der Waals surface area contributed by atoms with Crippen LogP contribution in [0.3, 0.4) is 0 Å². The number of nitrogens with one attached hydrogen (secondary N) is 2. The molecule has 1 fully saturated rings. The molecule has 3 aromatic rings. The maximum atomic E-state index is 12.5. The van der Waals surface area contributed by atoms with Crippen LogP contribution < -0.4 is 15.5 Å². The summed E-state index contributed by atoms with van der Waals surface area (Å²) in [5.74, 6) is 0.142. The number of nitrogens with zero attached hydrogens (tertiary/aromatic N) is 2. The van der Waals surface area contributed by atoms with Crippen molar-refractivity contribution in [2.45, 2.75) is 0 Å². The molecule has 0 radical (unpaired) electrons. The topological polar surface area (TPSA) is 60.8 Å². The Hall–Kier alpha value is -2.58. The predicted octanol–water partition coefficient (Wildman–Crippen LogP) is 5.13. The van der Waals surface area contributed by atoms with Gasteiger partial charge >= 0.3 is 0 Å². The summed E-state index contributed by atoms with van der Waals surface area (Å²) in [6.07, 6.45) is 0. The highest BCUT2D eigenvalue weighted by Gasteiger charge is 2.16. The Kier molecular flexibility index (Phi) is 7.01. The van der Waals surface area contributed by atoms with Gasteiger partial charge in [-0.05, 0) is 73.9 Å². The molecule has 0 atom stereocenters. The number of anilines is 2. The largest absolute Gasteiger partial charge is 0.451 e. The number of hydrogen-bond acceptors (Lipinski definition) is 5. The molecule has 0 aliphatic carbocycles. The van der Waals surface area contributed by atoms with Gasteiger partial charge in [-0.2, -0.15) is 0 Å². The molecule has 1 saturated heterocycles. The lowest BCUT2D eigenvalue weighted by Gasteiger charge is -2.34. The highest BCUT2D eigenvalue weighted by molar-refractivity contribution is 7.80. The number of furan rings is 1. The Morgan fingerprint density at radius 1 is 1.00 bits per heavy atom. The van der Waals surface area contributed by atoms with Gasteiger partial charge in [0.05, 0.1) is 5.02 Å². The van der Waals surface area contributed by atoms with Crippen molar-refractivity contribution < 1.29 is 9.21 Å². The van der Waals surface area contributed by atoms with E-state index in [4.69, 9.17) is 39.8 Å². The monoisotopic (exact) mass is 488 g/mol. The zero-order chi connectivity index (χ0) is 22.7. The first-order chi connectivity index (χ1) is 15.4. The standard InChI is InChI=1S/C23H22Cl2N4O2S/c1-28-10-12-29(13-11-28)17-5-3-16(4-6-17)26-23(32)27-22(30)21-9-8-20(31-21)18-7-2-15(24)14-19(18)25/h2-9,14H,10-13H2,1H3,(H2,26,27,30,32). The van der Waals surface area contributed by atoms with Gasteiger partial charge in [0.2, 0.25) is 0 Å². The summed E-state index contributed by atoms with van der Waals surface area (Å²) >= 11 is 17.4. The Labute approximate surface area is 202 Å². The molecule has 0 bridgehead atoms. The van der Waals surface area contributed by atoms with Crippen LogP contribution in [0, 0.1) is 0 Å². The van der Waals surface area contributed by atoms with Crippen molar-refractivity contribution >= 4 is 57.8 Å². The molecule has 0 unspecified atom stereocenters. The van der Waals surface area contributed by atoms with Crippen LogP contribution in [0.2, 0.25) is 10.0 Å². The quantitative estimate of drug-likeness (QED) is 0.496. The Morgan fingerprint density at radius 3 is 2.41 bits per heavy atom. The number of likely N-dealkylation sites (N-methyl/N-ethyl adjacent to an activating group) is 1. The van der Waals surface area contributed by atoms with E-state index in [-0.39, 0.29) is 10.9 Å². The maximum Gasteiger partial charge on any atom is 0.293 e. The van der Waals surface area contributed by atoms with Crippen molar-refractivity contribution in [3.05, 3.63) is 70.4 Å². The lowest BCUT2D eigenvalue weighted by Crippen LogP contribution is -2.44. The van der Waals surface area contributed by atoms with Gasteiger partial charge in [0.25, 0.3) is 5.91 Å². The van der Waals surface area contributed by atoms with E-state index in [0.717, 1.165) is 31.9 Å².